The van der Waals surface area contributed by atoms with E-state index in [1.54, 1.807) is 17.6 Å². The van der Waals surface area contributed by atoms with Crippen molar-refractivity contribution >= 4 is 27.4 Å². The minimum atomic E-state index is 0.802. The molecule has 3 heterocycles. The second-order valence-electron chi connectivity index (χ2n) is 4.66. The predicted molar refractivity (Wildman–Crippen MR) is 82.4 cm³/mol. The molecule has 0 amide bonds. The van der Waals surface area contributed by atoms with Crippen molar-refractivity contribution in [2.24, 2.45) is 0 Å². The van der Waals surface area contributed by atoms with Crippen LogP contribution in [0.5, 0.6) is 0 Å². The van der Waals surface area contributed by atoms with Gasteiger partial charge in [0.15, 0.2) is 0 Å². The first kappa shape index (κ1) is 13.1. The summed E-state index contributed by atoms with van der Waals surface area (Å²) in [5, 5.41) is 4.52. The number of hydrogen-bond donors (Lipinski definition) is 1. The highest BCUT2D eigenvalue weighted by Crippen LogP contribution is 2.29. The van der Waals surface area contributed by atoms with Crippen LogP contribution in [-0.2, 0) is 12.8 Å². The zero-order chi connectivity index (χ0) is 13.9. The lowest BCUT2D eigenvalue weighted by Crippen LogP contribution is -2.07. The number of rotatable bonds is 5. The van der Waals surface area contributed by atoms with E-state index in [0.717, 1.165) is 47.0 Å². The molecule has 0 aliphatic rings. The number of thiophene rings is 1. The normalized spacial score (nSPS) is 11.1. The molecular weight excluding hydrogens is 270 g/mol. The van der Waals surface area contributed by atoms with Gasteiger partial charge >= 0.3 is 0 Å². The van der Waals surface area contributed by atoms with Crippen LogP contribution in [0.2, 0.25) is 0 Å². The molecule has 0 bridgehead atoms. The van der Waals surface area contributed by atoms with Gasteiger partial charge in [-0.1, -0.05) is 6.92 Å². The summed E-state index contributed by atoms with van der Waals surface area (Å²) in [6, 6.07) is 6.09. The minimum Gasteiger partial charge on any atom is -0.469 e. The van der Waals surface area contributed by atoms with E-state index in [0.29, 0.717) is 0 Å². The summed E-state index contributed by atoms with van der Waals surface area (Å²) in [5.74, 6) is 2.72. The van der Waals surface area contributed by atoms with Gasteiger partial charge in [-0.05, 0) is 31.5 Å². The fourth-order valence-corrected chi connectivity index (χ4v) is 3.16. The van der Waals surface area contributed by atoms with Gasteiger partial charge in [-0.15, -0.1) is 11.3 Å². The van der Waals surface area contributed by atoms with Crippen LogP contribution in [0.1, 0.15) is 23.4 Å². The average molecular weight is 287 g/mol. The molecule has 0 fully saturated rings. The van der Waals surface area contributed by atoms with Gasteiger partial charge in [-0.3, -0.25) is 0 Å². The molecule has 0 radical (unpaired) electrons. The molecule has 4 nitrogen and oxygen atoms in total. The van der Waals surface area contributed by atoms with Crippen LogP contribution in [0.15, 0.2) is 28.9 Å². The molecule has 0 saturated carbocycles. The number of anilines is 1. The van der Waals surface area contributed by atoms with E-state index in [1.807, 2.05) is 19.1 Å². The molecule has 0 aromatic carbocycles. The molecule has 3 rings (SSSR count). The third kappa shape index (κ3) is 2.67. The Morgan fingerprint density at radius 2 is 2.25 bits per heavy atom. The number of aryl methyl sites for hydroxylation is 2. The summed E-state index contributed by atoms with van der Waals surface area (Å²) in [6.07, 6.45) is 3.59. The van der Waals surface area contributed by atoms with Crippen molar-refractivity contribution in [2.45, 2.75) is 26.7 Å². The maximum absolute atomic E-state index is 5.33. The molecule has 0 saturated heterocycles. The summed E-state index contributed by atoms with van der Waals surface area (Å²) in [4.78, 5) is 11.4. The molecule has 0 atom stereocenters. The third-order valence-electron chi connectivity index (χ3n) is 3.15. The fourth-order valence-electron chi connectivity index (χ4n) is 2.15. The Bertz CT molecular complexity index is 703. The van der Waals surface area contributed by atoms with Crippen molar-refractivity contribution in [3.63, 3.8) is 0 Å². The Morgan fingerprint density at radius 3 is 3.00 bits per heavy atom. The van der Waals surface area contributed by atoms with E-state index in [1.165, 1.54) is 4.88 Å². The SMILES string of the molecule is CCc1cc2c(NCCc3ccco3)nc(C)nc2s1. The van der Waals surface area contributed by atoms with Crippen LogP contribution in [0.3, 0.4) is 0 Å². The van der Waals surface area contributed by atoms with E-state index in [-0.39, 0.29) is 0 Å². The molecule has 1 N–H and O–H groups in total. The summed E-state index contributed by atoms with van der Waals surface area (Å²) in [7, 11) is 0. The first-order valence-corrected chi connectivity index (χ1v) is 7.61. The number of nitrogens with zero attached hydrogens (tertiary/aromatic N) is 2. The zero-order valence-corrected chi connectivity index (χ0v) is 12.5. The molecule has 0 aliphatic carbocycles. The number of nitrogens with one attached hydrogen (secondary N) is 1. The molecule has 20 heavy (non-hydrogen) atoms. The van der Waals surface area contributed by atoms with Gasteiger partial charge < -0.3 is 9.73 Å². The molecule has 104 valence electrons. The number of hydrogen-bond acceptors (Lipinski definition) is 5. The lowest BCUT2D eigenvalue weighted by Gasteiger charge is -2.06. The van der Waals surface area contributed by atoms with E-state index < -0.39 is 0 Å². The van der Waals surface area contributed by atoms with E-state index in [4.69, 9.17) is 4.42 Å². The van der Waals surface area contributed by atoms with E-state index in [9.17, 15) is 0 Å². The predicted octanol–water partition coefficient (Wildman–Crippen LogP) is 3.81. The Morgan fingerprint density at radius 1 is 1.35 bits per heavy atom. The minimum absolute atomic E-state index is 0.802. The zero-order valence-electron chi connectivity index (χ0n) is 11.6. The third-order valence-corrected chi connectivity index (χ3v) is 4.32. The summed E-state index contributed by atoms with van der Waals surface area (Å²) >= 11 is 1.75. The summed E-state index contributed by atoms with van der Waals surface area (Å²) in [5.41, 5.74) is 0. The molecule has 0 aliphatic heterocycles. The Kier molecular flexibility index (Phi) is 3.69. The lowest BCUT2D eigenvalue weighted by atomic mass is 10.3. The van der Waals surface area contributed by atoms with Crippen molar-refractivity contribution in [3.8, 4) is 0 Å². The van der Waals surface area contributed by atoms with Crippen LogP contribution >= 0.6 is 11.3 Å². The largest absolute Gasteiger partial charge is 0.469 e. The van der Waals surface area contributed by atoms with Crippen molar-refractivity contribution in [1.29, 1.82) is 0 Å². The molecule has 0 spiro atoms. The second-order valence-corrected chi connectivity index (χ2v) is 5.78. The van der Waals surface area contributed by atoms with Crippen LogP contribution < -0.4 is 5.32 Å². The highest BCUT2D eigenvalue weighted by atomic mass is 32.1. The molecule has 3 aromatic heterocycles. The second kappa shape index (κ2) is 5.63. The van der Waals surface area contributed by atoms with Crippen LogP contribution in [0.4, 0.5) is 5.82 Å². The molecular formula is C15H17N3OS. The summed E-state index contributed by atoms with van der Waals surface area (Å²) in [6.45, 7) is 4.90. The topological polar surface area (TPSA) is 51.0 Å². The first-order valence-electron chi connectivity index (χ1n) is 6.79. The van der Waals surface area contributed by atoms with Gasteiger partial charge in [0.1, 0.15) is 22.2 Å². The number of fused-ring (bicyclic) bond motifs is 1. The van der Waals surface area contributed by atoms with Gasteiger partial charge in [0, 0.05) is 17.8 Å². The van der Waals surface area contributed by atoms with E-state index >= 15 is 0 Å². The van der Waals surface area contributed by atoms with E-state index in [2.05, 4.69) is 28.3 Å². The van der Waals surface area contributed by atoms with Crippen molar-refractivity contribution in [3.05, 3.63) is 40.9 Å². The van der Waals surface area contributed by atoms with Gasteiger partial charge in [0.2, 0.25) is 0 Å². The quantitative estimate of drug-likeness (QED) is 0.775. The Hall–Kier alpha value is -1.88. The van der Waals surface area contributed by atoms with Crippen molar-refractivity contribution < 1.29 is 4.42 Å². The fraction of sp³-hybridized carbons (Fsp3) is 0.333. The first-order chi connectivity index (χ1) is 9.76. The monoisotopic (exact) mass is 287 g/mol. The van der Waals surface area contributed by atoms with Crippen LogP contribution in [-0.4, -0.2) is 16.5 Å². The van der Waals surface area contributed by atoms with Crippen molar-refractivity contribution in [2.75, 3.05) is 11.9 Å². The lowest BCUT2D eigenvalue weighted by molar-refractivity contribution is 0.513. The van der Waals surface area contributed by atoms with Gasteiger partial charge in [-0.2, -0.15) is 0 Å². The smallest absolute Gasteiger partial charge is 0.138 e. The Balaban J connectivity index is 1.80. The van der Waals surface area contributed by atoms with Gasteiger partial charge in [-0.25, -0.2) is 9.97 Å². The number of aromatic nitrogens is 2. The highest BCUT2D eigenvalue weighted by molar-refractivity contribution is 7.18. The maximum Gasteiger partial charge on any atom is 0.138 e. The highest BCUT2D eigenvalue weighted by Gasteiger charge is 2.09. The molecule has 3 aromatic rings. The molecule has 0 unspecified atom stereocenters. The van der Waals surface area contributed by atoms with Crippen LogP contribution in [0, 0.1) is 6.92 Å². The molecule has 5 heteroatoms. The van der Waals surface area contributed by atoms with Gasteiger partial charge in [0.05, 0.1) is 11.6 Å². The Labute approximate surface area is 121 Å². The average Bonchev–Trinajstić information content (AvgIpc) is 3.06. The standard InChI is InChI=1S/C15H17N3OS/c1-3-12-9-13-14(17-10(2)18-15(13)20-12)16-7-6-11-5-4-8-19-11/h4-5,8-9H,3,6-7H2,1-2H3,(H,16,17,18). The maximum atomic E-state index is 5.33. The van der Waals surface area contributed by atoms with Crippen molar-refractivity contribution in [1.82, 2.24) is 9.97 Å². The summed E-state index contributed by atoms with van der Waals surface area (Å²) < 4.78 is 5.33. The number of furan rings is 1. The van der Waals surface area contributed by atoms with Crippen LogP contribution in [0.25, 0.3) is 10.2 Å². The van der Waals surface area contributed by atoms with Gasteiger partial charge in [0.25, 0.3) is 0 Å².